The van der Waals surface area contributed by atoms with Crippen LogP contribution in [-0.2, 0) is 0 Å². The lowest BCUT2D eigenvalue weighted by Crippen LogP contribution is -2.38. The molecule has 3 heterocycles. The van der Waals surface area contributed by atoms with Crippen LogP contribution in [0.1, 0.15) is 43.1 Å². The maximum atomic E-state index is 12.7. The van der Waals surface area contributed by atoms with Crippen LogP contribution in [0, 0.1) is 5.92 Å². The van der Waals surface area contributed by atoms with Crippen molar-refractivity contribution < 1.29 is 4.79 Å². The van der Waals surface area contributed by atoms with Crippen molar-refractivity contribution in [3.63, 3.8) is 0 Å². The summed E-state index contributed by atoms with van der Waals surface area (Å²) in [6, 6.07) is 10.1. The number of piperidine rings is 1. The quantitative estimate of drug-likeness (QED) is 0.895. The highest BCUT2D eigenvalue weighted by atomic mass is 16.2. The number of hydrogen-bond acceptors (Lipinski definition) is 5. The molecule has 6 nitrogen and oxygen atoms in total. The monoisotopic (exact) mass is 365 g/mol. The molecular weight excluding hydrogens is 338 g/mol. The SMILES string of the molecule is CC1CCN(C(=O)c2cc(Nc3ccc(N4CCCC4)cc3)ncn2)CC1. The second-order valence-electron chi connectivity index (χ2n) is 7.63. The van der Waals surface area contributed by atoms with Crippen LogP contribution in [0.4, 0.5) is 17.2 Å². The van der Waals surface area contributed by atoms with E-state index in [1.807, 2.05) is 4.90 Å². The van der Waals surface area contributed by atoms with Crippen molar-refractivity contribution in [2.75, 3.05) is 36.4 Å². The number of rotatable bonds is 4. The fraction of sp³-hybridized carbons (Fsp3) is 0.476. The first-order valence-electron chi connectivity index (χ1n) is 9.92. The molecule has 1 N–H and O–H groups in total. The van der Waals surface area contributed by atoms with Crippen LogP contribution in [0.3, 0.4) is 0 Å². The summed E-state index contributed by atoms with van der Waals surface area (Å²) in [5.74, 6) is 1.34. The molecule has 1 amide bonds. The number of carbonyl (C=O) groups excluding carboxylic acids is 1. The van der Waals surface area contributed by atoms with Gasteiger partial charge in [-0.3, -0.25) is 4.79 Å². The van der Waals surface area contributed by atoms with Gasteiger partial charge in [-0.1, -0.05) is 6.92 Å². The van der Waals surface area contributed by atoms with E-state index in [2.05, 4.69) is 51.4 Å². The molecule has 27 heavy (non-hydrogen) atoms. The van der Waals surface area contributed by atoms with E-state index in [0.717, 1.165) is 44.7 Å². The average Bonchev–Trinajstić information content (AvgIpc) is 3.24. The summed E-state index contributed by atoms with van der Waals surface area (Å²) < 4.78 is 0. The zero-order chi connectivity index (χ0) is 18.6. The van der Waals surface area contributed by atoms with Crippen LogP contribution in [0.25, 0.3) is 0 Å². The molecule has 0 unspecified atom stereocenters. The maximum Gasteiger partial charge on any atom is 0.272 e. The molecule has 142 valence electrons. The summed E-state index contributed by atoms with van der Waals surface area (Å²) >= 11 is 0. The van der Waals surface area contributed by atoms with Crippen LogP contribution in [0.15, 0.2) is 36.7 Å². The summed E-state index contributed by atoms with van der Waals surface area (Å²) in [6.07, 6.45) is 6.12. The maximum absolute atomic E-state index is 12.7. The lowest BCUT2D eigenvalue weighted by Gasteiger charge is -2.30. The summed E-state index contributed by atoms with van der Waals surface area (Å²) in [5, 5.41) is 3.29. The molecule has 0 bridgehead atoms. The highest BCUT2D eigenvalue weighted by Crippen LogP contribution is 2.24. The lowest BCUT2D eigenvalue weighted by atomic mass is 9.99. The first-order chi connectivity index (χ1) is 13.2. The highest BCUT2D eigenvalue weighted by Gasteiger charge is 2.22. The van der Waals surface area contributed by atoms with Crippen molar-refractivity contribution >= 4 is 23.1 Å². The minimum absolute atomic E-state index is 0.00303. The van der Waals surface area contributed by atoms with Gasteiger partial charge in [0.15, 0.2) is 0 Å². The van der Waals surface area contributed by atoms with E-state index in [1.54, 1.807) is 6.07 Å². The van der Waals surface area contributed by atoms with Crippen molar-refractivity contribution in [2.24, 2.45) is 5.92 Å². The minimum atomic E-state index is -0.00303. The number of aromatic nitrogens is 2. The van der Waals surface area contributed by atoms with Crippen molar-refractivity contribution in [1.82, 2.24) is 14.9 Å². The topological polar surface area (TPSA) is 61.4 Å². The fourth-order valence-electron chi connectivity index (χ4n) is 3.80. The molecule has 0 saturated carbocycles. The van der Waals surface area contributed by atoms with Gasteiger partial charge in [0.2, 0.25) is 0 Å². The molecule has 0 aliphatic carbocycles. The largest absolute Gasteiger partial charge is 0.372 e. The molecule has 0 radical (unpaired) electrons. The number of benzene rings is 1. The molecule has 2 saturated heterocycles. The number of hydrogen-bond donors (Lipinski definition) is 1. The summed E-state index contributed by atoms with van der Waals surface area (Å²) in [4.78, 5) is 25.5. The number of nitrogens with one attached hydrogen (secondary N) is 1. The Morgan fingerprint density at radius 2 is 1.74 bits per heavy atom. The molecule has 4 rings (SSSR count). The predicted octanol–water partition coefficient (Wildman–Crippen LogP) is 3.69. The first kappa shape index (κ1) is 17.8. The van der Waals surface area contributed by atoms with E-state index in [4.69, 9.17) is 0 Å². The Kier molecular flexibility index (Phi) is 5.23. The Balaban J connectivity index is 1.42. The summed E-state index contributed by atoms with van der Waals surface area (Å²) in [5.41, 5.74) is 2.67. The number of amides is 1. The average molecular weight is 365 g/mol. The van der Waals surface area contributed by atoms with Gasteiger partial charge in [0.25, 0.3) is 5.91 Å². The number of anilines is 3. The number of nitrogens with zero attached hydrogens (tertiary/aromatic N) is 4. The van der Waals surface area contributed by atoms with Crippen LogP contribution in [0.5, 0.6) is 0 Å². The lowest BCUT2D eigenvalue weighted by molar-refractivity contribution is 0.0691. The van der Waals surface area contributed by atoms with Gasteiger partial charge in [0.1, 0.15) is 17.8 Å². The molecule has 2 aromatic rings. The Labute approximate surface area is 160 Å². The molecule has 2 aliphatic rings. The van der Waals surface area contributed by atoms with E-state index in [-0.39, 0.29) is 5.91 Å². The molecule has 1 aromatic heterocycles. The van der Waals surface area contributed by atoms with Gasteiger partial charge >= 0.3 is 0 Å². The van der Waals surface area contributed by atoms with E-state index >= 15 is 0 Å². The van der Waals surface area contributed by atoms with Crippen molar-refractivity contribution in [1.29, 1.82) is 0 Å². The van der Waals surface area contributed by atoms with Crippen LogP contribution in [-0.4, -0.2) is 47.0 Å². The van der Waals surface area contributed by atoms with Gasteiger partial charge < -0.3 is 15.1 Å². The van der Waals surface area contributed by atoms with Gasteiger partial charge in [-0.05, 0) is 55.9 Å². The van der Waals surface area contributed by atoms with Gasteiger partial charge in [-0.2, -0.15) is 0 Å². The van der Waals surface area contributed by atoms with Crippen molar-refractivity contribution in [3.05, 3.63) is 42.4 Å². The van der Waals surface area contributed by atoms with Gasteiger partial charge in [0, 0.05) is 43.6 Å². The first-order valence-corrected chi connectivity index (χ1v) is 9.92. The van der Waals surface area contributed by atoms with Gasteiger partial charge in [0.05, 0.1) is 0 Å². The Morgan fingerprint density at radius 3 is 2.44 bits per heavy atom. The zero-order valence-corrected chi connectivity index (χ0v) is 15.9. The third-order valence-corrected chi connectivity index (χ3v) is 5.57. The smallest absolute Gasteiger partial charge is 0.272 e. The van der Waals surface area contributed by atoms with E-state index in [0.29, 0.717) is 17.4 Å². The van der Waals surface area contributed by atoms with Crippen molar-refractivity contribution in [2.45, 2.75) is 32.6 Å². The molecule has 0 spiro atoms. The number of likely N-dealkylation sites (tertiary alicyclic amines) is 1. The normalized spacial score (nSPS) is 18.0. The standard InChI is InChI=1S/C21H27N5O/c1-16-8-12-26(13-9-16)21(27)19-14-20(23-15-22-19)24-17-4-6-18(7-5-17)25-10-2-3-11-25/h4-7,14-16H,2-3,8-13H2,1H3,(H,22,23,24). The minimum Gasteiger partial charge on any atom is -0.372 e. The molecule has 2 aliphatic heterocycles. The van der Waals surface area contributed by atoms with Crippen LogP contribution in [0.2, 0.25) is 0 Å². The van der Waals surface area contributed by atoms with Gasteiger partial charge in [-0.15, -0.1) is 0 Å². The summed E-state index contributed by atoms with van der Waals surface area (Å²) in [6.45, 7) is 6.14. The molecule has 1 aromatic carbocycles. The zero-order valence-electron chi connectivity index (χ0n) is 15.9. The molecule has 0 atom stereocenters. The third kappa shape index (κ3) is 4.21. The van der Waals surface area contributed by atoms with E-state index in [9.17, 15) is 4.79 Å². The highest BCUT2D eigenvalue weighted by molar-refractivity contribution is 5.93. The second-order valence-corrected chi connectivity index (χ2v) is 7.63. The number of carbonyl (C=O) groups is 1. The molecule has 6 heteroatoms. The second kappa shape index (κ2) is 7.94. The summed E-state index contributed by atoms with van der Waals surface area (Å²) in [7, 11) is 0. The van der Waals surface area contributed by atoms with E-state index in [1.165, 1.54) is 24.9 Å². The van der Waals surface area contributed by atoms with Crippen LogP contribution >= 0.6 is 0 Å². The fourth-order valence-corrected chi connectivity index (χ4v) is 3.80. The van der Waals surface area contributed by atoms with E-state index < -0.39 is 0 Å². The Bertz CT molecular complexity index is 777. The Hall–Kier alpha value is -2.63. The van der Waals surface area contributed by atoms with Crippen LogP contribution < -0.4 is 10.2 Å². The van der Waals surface area contributed by atoms with Crippen molar-refractivity contribution in [3.8, 4) is 0 Å². The third-order valence-electron chi connectivity index (χ3n) is 5.57. The van der Waals surface area contributed by atoms with Gasteiger partial charge in [-0.25, -0.2) is 9.97 Å². The predicted molar refractivity (Wildman–Crippen MR) is 108 cm³/mol. The Morgan fingerprint density at radius 1 is 1.04 bits per heavy atom. The molecule has 2 fully saturated rings. The molecular formula is C21H27N5O.